The average Bonchev–Trinajstić information content (AvgIpc) is 3.22. The molecule has 4 aromatic rings. The highest BCUT2D eigenvalue weighted by Crippen LogP contribution is 2.26. The summed E-state index contributed by atoms with van der Waals surface area (Å²) in [5, 5.41) is 4.98. The molecule has 0 fully saturated rings. The number of halogens is 1. The van der Waals surface area contributed by atoms with Gasteiger partial charge in [-0.25, -0.2) is 9.37 Å². The molecule has 2 heterocycles. The summed E-state index contributed by atoms with van der Waals surface area (Å²) in [6.07, 6.45) is 0. The largest absolute Gasteiger partial charge is 0.325 e. The summed E-state index contributed by atoms with van der Waals surface area (Å²) in [6.45, 7) is 4.12. The molecule has 0 spiro atoms. The Bertz CT molecular complexity index is 1310. The van der Waals surface area contributed by atoms with Crippen molar-refractivity contribution in [2.75, 3.05) is 11.1 Å². The molecule has 5 nitrogen and oxygen atoms in total. The molecule has 0 radical (unpaired) electrons. The van der Waals surface area contributed by atoms with Crippen LogP contribution in [0.25, 0.3) is 15.9 Å². The molecule has 158 valence electrons. The number of rotatable bonds is 6. The third-order valence-electron chi connectivity index (χ3n) is 4.73. The van der Waals surface area contributed by atoms with Crippen LogP contribution in [0.1, 0.15) is 25.3 Å². The molecule has 2 aromatic heterocycles. The Kier molecular flexibility index (Phi) is 6.20. The maximum Gasteiger partial charge on any atom is 0.276 e. The monoisotopic (exact) mass is 453 g/mol. The van der Waals surface area contributed by atoms with Crippen molar-refractivity contribution < 1.29 is 9.18 Å². The molecule has 31 heavy (non-hydrogen) atoms. The van der Waals surface area contributed by atoms with Crippen LogP contribution in [0.4, 0.5) is 10.1 Å². The fourth-order valence-electron chi connectivity index (χ4n) is 3.27. The number of hydrogen-bond donors (Lipinski definition) is 1. The van der Waals surface area contributed by atoms with Crippen molar-refractivity contribution >= 4 is 44.9 Å². The normalized spacial score (nSPS) is 11.2. The smallest absolute Gasteiger partial charge is 0.276 e. The van der Waals surface area contributed by atoms with Crippen molar-refractivity contribution in [3.63, 3.8) is 0 Å². The quantitative estimate of drug-likeness (QED) is 0.312. The first-order chi connectivity index (χ1) is 15.0. The first-order valence-corrected chi connectivity index (χ1v) is 11.6. The van der Waals surface area contributed by atoms with Crippen LogP contribution in [0.5, 0.6) is 0 Å². The van der Waals surface area contributed by atoms with Gasteiger partial charge in [-0.05, 0) is 41.1 Å². The van der Waals surface area contributed by atoms with Crippen molar-refractivity contribution in [2.45, 2.75) is 24.9 Å². The number of benzene rings is 2. The minimum absolute atomic E-state index is 0.0307. The van der Waals surface area contributed by atoms with Crippen LogP contribution in [0.2, 0.25) is 0 Å². The standard InChI is InChI=1S/C23H20FN3O2S2/c1-14(2)15-7-3-5-9-17(15)25-20(28)13-31-23-26-18-11-12-30-21(18)22(29)27(23)19-10-6-4-8-16(19)24/h3-12,14H,13H2,1-2H3,(H,25,28). The molecule has 0 aliphatic carbocycles. The number of carbonyl (C=O) groups is 1. The summed E-state index contributed by atoms with van der Waals surface area (Å²) >= 11 is 2.36. The molecule has 0 saturated carbocycles. The number of nitrogens with zero attached hydrogens (tertiary/aromatic N) is 2. The van der Waals surface area contributed by atoms with E-state index in [9.17, 15) is 14.0 Å². The number of hydrogen-bond acceptors (Lipinski definition) is 5. The van der Waals surface area contributed by atoms with Crippen molar-refractivity contribution in [1.29, 1.82) is 0 Å². The predicted molar refractivity (Wildman–Crippen MR) is 125 cm³/mol. The molecular formula is C23H20FN3O2S2. The maximum atomic E-state index is 14.5. The van der Waals surface area contributed by atoms with Gasteiger partial charge >= 0.3 is 0 Å². The van der Waals surface area contributed by atoms with Crippen LogP contribution in [-0.4, -0.2) is 21.2 Å². The van der Waals surface area contributed by atoms with Gasteiger partial charge in [0.2, 0.25) is 5.91 Å². The topological polar surface area (TPSA) is 64.0 Å². The minimum Gasteiger partial charge on any atom is -0.325 e. The summed E-state index contributed by atoms with van der Waals surface area (Å²) in [5.74, 6) is -0.460. The van der Waals surface area contributed by atoms with Crippen molar-refractivity contribution in [3.8, 4) is 5.69 Å². The number of thiophene rings is 1. The Morgan fingerprint density at radius 1 is 1.16 bits per heavy atom. The van der Waals surface area contributed by atoms with E-state index < -0.39 is 5.82 Å². The van der Waals surface area contributed by atoms with Gasteiger partial charge in [-0.2, -0.15) is 0 Å². The van der Waals surface area contributed by atoms with Gasteiger partial charge in [0, 0.05) is 5.69 Å². The minimum atomic E-state index is -0.528. The van der Waals surface area contributed by atoms with E-state index in [1.54, 1.807) is 23.6 Å². The molecule has 0 atom stereocenters. The van der Waals surface area contributed by atoms with Gasteiger partial charge in [0.1, 0.15) is 10.5 Å². The average molecular weight is 454 g/mol. The fourth-order valence-corrected chi connectivity index (χ4v) is 4.83. The number of anilines is 1. The van der Waals surface area contributed by atoms with E-state index in [0.29, 0.717) is 10.2 Å². The SMILES string of the molecule is CC(C)c1ccccc1NC(=O)CSc1nc2ccsc2c(=O)n1-c1ccccc1F. The van der Waals surface area contributed by atoms with E-state index in [4.69, 9.17) is 0 Å². The van der Waals surface area contributed by atoms with Crippen molar-refractivity contribution in [2.24, 2.45) is 0 Å². The lowest BCUT2D eigenvalue weighted by Gasteiger charge is -2.14. The second-order valence-electron chi connectivity index (χ2n) is 7.20. The number of nitrogens with one attached hydrogen (secondary N) is 1. The van der Waals surface area contributed by atoms with E-state index >= 15 is 0 Å². The highest BCUT2D eigenvalue weighted by Gasteiger charge is 2.18. The molecule has 8 heteroatoms. The van der Waals surface area contributed by atoms with Crippen LogP contribution in [-0.2, 0) is 4.79 Å². The van der Waals surface area contributed by atoms with E-state index in [1.807, 2.05) is 24.3 Å². The Hall–Kier alpha value is -2.97. The van der Waals surface area contributed by atoms with E-state index in [-0.39, 0.29) is 34.0 Å². The molecular weight excluding hydrogens is 433 g/mol. The van der Waals surface area contributed by atoms with Crippen molar-refractivity contribution in [3.05, 3.63) is 81.7 Å². The zero-order valence-corrected chi connectivity index (χ0v) is 18.6. The van der Waals surface area contributed by atoms with Gasteiger partial charge in [0.05, 0.1) is 17.0 Å². The molecule has 0 aliphatic rings. The fraction of sp³-hybridized carbons (Fsp3) is 0.174. The molecule has 4 rings (SSSR count). The number of para-hydroxylation sites is 2. The number of thioether (sulfide) groups is 1. The number of carbonyl (C=O) groups excluding carboxylic acids is 1. The Balaban J connectivity index is 1.65. The Labute approximate surface area is 187 Å². The summed E-state index contributed by atoms with van der Waals surface area (Å²) in [6, 6.07) is 15.4. The highest BCUT2D eigenvalue weighted by molar-refractivity contribution is 7.99. The molecule has 0 bridgehead atoms. The molecule has 1 amide bonds. The van der Waals surface area contributed by atoms with Crippen LogP contribution in [0.3, 0.4) is 0 Å². The molecule has 0 aliphatic heterocycles. The van der Waals surface area contributed by atoms with Gasteiger partial charge in [0.15, 0.2) is 5.16 Å². The lowest BCUT2D eigenvalue weighted by Crippen LogP contribution is -2.23. The summed E-state index contributed by atoms with van der Waals surface area (Å²) in [5.41, 5.74) is 2.11. The predicted octanol–water partition coefficient (Wildman–Crippen LogP) is 5.44. The molecule has 2 aromatic carbocycles. The third kappa shape index (κ3) is 4.40. The Morgan fingerprint density at radius 2 is 1.90 bits per heavy atom. The Morgan fingerprint density at radius 3 is 2.68 bits per heavy atom. The van der Waals surface area contributed by atoms with Crippen molar-refractivity contribution in [1.82, 2.24) is 9.55 Å². The summed E-state index contributed by atoms with van der Waals surface area (Å²) in [7, 11) is 0. The number of aromatic nitrogens is 2. The van der Waals surface area contributed by atoms with Gasteiger partial charge in [-0.3, -0.25) is 14.2 Å². The first kappa shape index (κ1) is 21.3. The molecule has 0 saturated heterocycles. The van der Waals surface area contributed by atoms with Gasteiger partial charge in [0.25, 0.3) is 5.56 Å². The maximum absolute atomic E-state index is 14.5. The second kappa shape index (κ2) is 9.03. The number of amides is 1. The number of fused-ring (bicyclic) bond motifs is 1. The second-order valence-corrected chi connectivity index (χ2v) is 9.06. The third-order valence-corrected chi connectivity index (χ3v) is 6.56. The molecule has 1 N–H and O–H groups in total. The lowest BCUT2D eigenvalue weighted by molar-refractivity contribution is -0.113. The van der Waals surface area contributed by atoms with Gasteiger partial charge in [-0.1, -0.05) is 55.9 Å². The molecule has 0 unspecified atom stereocenters. The van der Waals surface area contributed by atoms with Crippen LogP contribution >= 0.6 is 23.1 Å². The van der Waals surface area contributed by atoms with Gasteiger partial charge < -0.3 is 5.32 Å². The van der Waals surface area contributed by atoms with Crippen LogP contribution < -0.4 is 10.9 Å². The first-order valence-electron chi connectivity index (χ1n) is 9.72. The van der Waals surface area contributed by atoms with Crippen LogP contribution in [0, 0.1) is 5.82 Å². The van der Waals surface area contributed by atoms with Crippen LogP contribution in [0.15, 0.2) is 69.9 Å². The van der Waals surface area contributed by atoms with E-state index in [2.05, 4.69) is 24.1 Å². The summed E-state index contributed by atoms with van der Waals surface area (Å²) < 4.78 is 16.2. The van der Waals surface area contributed by atoms with E-state index in [1.165, 1.54) is 28.0 Å². The lowest BCUT2D eigenvalue weighted by atomic mass is 10.0. The zero-order chi connectivity index (χ0) is 22.0. The van der Waals surface area contributed by atoms with Gasteiger partial charge in [-0.15, -0.1) is 11.3 Å². The highest BCUT2D eigenvalue weighted by atomic mass is 32.2. The van der Waals surface area contributed by atoms with E-state index in [0.717, 1.165) is 23.0 Å². The zero-order valence-electron chi connectivity index (χ0n) is 17.0. The summed E-state index contributed by atoms with van der Waals surface area (Å²) in [4.78, 5) is 30.3.